The third kappa shape index (κ3) is 79.2. The van der Waals surface area contributed by atoms with Crippen molar-refractivity contribution in [2.24, 2.45) is 0 Å². The van der Waals surface area contributed by atoms with Crippen molar-refractivity contribution < 1.29 is 46.3 Å². The molecule has 134 valence electrons. The van der Waals surface area contributed by atoms with Crippen LogP contribution in [0.1, 0.15) is 33.6 Å². The molecule has 0 amide bonds. The van der Waals surface area contributed by atoms with E-state index in [1.165, 1.54) is 6.92 Å². The first kappa shape index (κ1) is 32.9. The molecule has 5 N–H and O–H groups in total. The van der Waals surface area contributed by atoms with Crippen molar-refractivity contribution in [1.29, 1.82) is 0 Å². The second-order valence-corrected chi connectivity index (χ2v) is 5.38. The molecular weight excluding hydrogens is 417 g/mol. The van der Waals surface area contributed by atoms with Gasteiger partial charge in [-0.05, 0) is 13.8 Å². The molecule has 21 heavy (non-hydrogen) atoms. The Morgan fingerprint density at radius 1 is 1.19 bits per heavy atom. The fourth-order valence-electron chi connectivity index (χ4n) is 0.375. The van der Waals surface area contributed by atoms with E-state index in [-0.39, 0.29) is 52.8 Å². The summed E-state index contributed by atoms with van der Waals surface area (Å²) in [6.45, 7) is 4.88. The van der Waals surface area contributed by atoms with E-state index >= 15 is 0 Å². The van der Waals surface area contributed by atoms with Crippen LogP contribution in [-0.4, -0.2) is 52.2 Å². The number of aliphatic hydroxyl groups is 3. The van der Waals surface area contributed by atoms with E-state index in [9.17, 15) is 9.59 Å². The molecule has 0 bridgehead atoms. The summed E-state index contributed by atoms with van der Waals surface area (Å²) in [5, 5.41) is 24.0. The van der Waals surface area contributed by atoms with Gasteiger partial charge in [0, 0.05) is 19.4 Å². The van der Waals surface area contributed by atoms with Crippen LogP contribution in [0.15, 0.2) is 12.2 Å². The zero-order valence-corrected chi connectivity index (χ0v) is 15.5. The summed E-state index contributed by atoms with van der Waals surface area (Å²) in [4.78, 5) is 19.8. The summed E-state index contributed by atoms with van der Waals surface area (Å²) in [5.74, 6) is -0.0625. The van der Waals surface area contributed by atoms with Crippen molar-refractivity contribution >= 4 is 30.6 Å². The van der Waals surface area contributed by atoms with Crippen LogP contribution in [0.4, 0.5) is 0 Å². The number of aliphatic hydroxyl groups excluding tert-OH is 3. The molecule has 0 atom stereocenters. The number of carbonyl (C=O) groups excluding carboxylic acids is 2. The zero-order valence-electron chi connectivity index (χ0n) is 12.4. The summed E-state index contributed by atoms with van der Waals surface area (Å²) >= 11 is -0.106. The van der Waals surface area contributed by atoms with Gasteiger partial charge in [0.1, 0.15) is 12.4 Å². The van der Waals surface area contributed by atoms with Gasteiger partial charge in [0.15, 0.2) is 5.78 Å². The van der Waals surface area contributed by atoms with E-state index < -0.39 is 0 Å². The molecule has 0 spiro atoms. The van der Waals surface area contributed by atoms with Gasteiger partial charge in [0.25, 0.3) is 0 Å². The van der Waals surface area contributed by atoms with Crippen molar-refractivity contribution in [1.82, 2.24) is 0 Å². The molecule has 0 radical (unpaired) electrons. The number of allylic oxidation sites excluding steroid dienone is 1. The second-order valence-electron chi connectivity index (χ2n) is 3.02. The maximum atomic E-state index is 9.93. The number of carbonyl (C=O) groups is 2. The van der Waals surface area contributed by atoms with Crippen molar-refractivity contribution in [3.8, 4) is 0 Å². The minimum absolute atomic E-state index is 0. The first-order valence-corrected chi connectivity index (χ1v) is 9.69. The monoisotopic (exact) mass is 442 g/mol. The van der Waals surface area contributed by atoms with Crippen molar-refractivity contribution in [3.63, 3.8) is 0 Å². The van der Waals surface area contributed by atoms with Crippen LogP contribution in [-0.2, 0) is 25.5 Å². The van der Waals surface area contributed by atoms with Crippen LogP contribution in [0.5, 0.6) is 0 Å². The predicted molar refractivity (Wildman–Crippen MR) is 82.0 cm³/mol. The fraction of sp³-hybridized carbons (Fsp3) is 0.667. The van der Waals surface area contributed by atoms with E-state index in [1.54, 1.807) is 19.1 Å². The number of ketones is 2. The van der Waals surface area contributed by atoms with Crippen LogP contribution in [0.2, 0.25) is 0 Å². The first-order chi connectivity index (χ1) is 9.41. The fourth-order valence-corrected chi connectivity index (χ4v) is 0.375. The minimum atomic E-state index is -0.309. The van der Waals surface area contributed by atoms with E-state index in [2.05, 4.69) is 0 Å². The van der Waals surface area contributed by atoms with Gasteiger partial charge in [-0.3, -0.25) is 9.59 Å². The van der Waals surface area contributed by atoms with Gasteiger partial charge in [-0.15, -0.1) is 0 Å². The number of rotatable bonds is 5. The SMILES string of the molecule is C/C=C/CO.CC(=O)CCO.CCC(=O)CO.O.[Cl][Pd][Cl]. The Kier molecular flexibility index (Phi) is 57.9. The Morgan fingerprint density at radius 3 is 1.62 bits per heavy atom. The summed E-state index contributed by atoms with van der Waals surface area (Å²) in [7, 11) is 9.63. The first-order valence-electron chi connectivity index (χ1n) is 5.68. The molecule has 0 aromatic carbocycles. The molecule has 0 aromatic heterocycles. The summed E-state index contributed by atoms with van der Waals surface area (Å²) < 4.78 is 0. The number of halogens is 2. The molecule has 0 aromatic rings. The number of hydrogen-bond donors (Lipinski definition) is 3. The molecule has 0 fully saturated rings. The molecule has 0 heterocycles. The van der Waals surface area contributed by atoms with Crippen LogP contribution in [0, 0.1) is 0 Å². The third-order valence-electron chi connectivity index (χ3n) is 1.38. The third-order valence-corrected chi connectivity index (χ3v) is 1.38. The van der Waals surface area contributed by atoms with Crippen LogP contribution >= 0.6 is 19.1 Å². The quantitative estimate of drug-likeness (QED) is 0.432. The molecule has 0 unspecified atom stereocenters. The second kappa shape index (κ2) is 36.9. The molecule has 0 aliphatic rings. The molecule has 0 aliphatic heterocycles. The van der Waals surface area contributed by atoms with Crippen LogP contribution < -0.4 is 0 Å². The molecule has 0 saturated heterocycles. The van der Waals surface area contributed by atoms with E-state index in [0.29, 0.717) is 12.8 Å². The standard InChI is InChI=1S/2C4H8O2.C4H8O.2ClH.H2O.Pd/c1-4(6)2-3-5;1-2-4(6)3-5;1-2-3-4-5;;;;/h2*5H,2-3H2,1H3;2-3,5H,4H2,1H3;2*1H;1H2;/q;;;;;;+2/p-2/b;;3-2+;;;;. The van der Waals surface area contributed by atoms with Crippen molar-refractivity contribution in [2.45, 2.75) is 33.6 Å². The van der Waals surface area contributed by atoms with Gasteiger partial charge in [0.2, 0.25) is 0 Å². The zero-order chi connectivity index (χ0) is 16.8. The van der Waals surface area contributed by atoms with Crippen LogP contribution in [0.3, 0.4) is 0 Å². The van der Waals surface area contributed by atoms with Crippen molar-refractivity contribution in [2.75, 3.05) is 19.8 Å². The van der Waals surface area contributed by atoms with E-state index in [1.807, 2.05) is 6.92 Å². The number of hydrogen-bond acceptors (Lipinski definition) is 5. The maximum absolute atomic E-state index is 9.93. The molecule has 6 nitrogen and oxygen atoms in total. The Morgan fingerprint density at radius 2 is 1.62 bits per heavy atom. The Hall–Kier alpha value is 0.162. The van der Waals surface area contributed by atoms with Crippen molar-refractivity contribution in [3.05, 3.63) is 12.2 Å². The molecule has 0 rings (SSSR count). The number of Topliss-reactive ketones (excluding diaryl/α,β-unsaturated/α-hetero) is 2. The summed E-state index contributed by atoms with van der Waals surface area (Å²) in [6, 6.07) is 0. The summed E-state index contributed by atoms with van der Waals surface area (Å²) in [6.07, 6.45) is 4.22. The Labute approximate surface area is 142 Å². The molecule has 0 aliphatic carbocycles. The predicted octanol–water partition coefficient (Wildman–Crippen LogP) is 1.02. The van der Waals surface area contributed by atoms with Gasteiger partial charge < -0.3 is 20.8 Å². The molecule has 9 heteroatoms. The topological polar surface area (TPSA) is 126 Å². The van der Waals surface area contributed by atoms with Crippen LogP contribution in [0.25, 0.3) is 0 Å². The average Bonchev–Trinajstić information content (AvgIpc) is 2.41. The summed E-state index contributed by atoms with van der Waals surface area (Å²) in [5.41, 5.74) is 0. The van der Waals surface area contributed by atoms with Gasteiger partial charge >= 0.3 is 35.0 Å². The van der Waals surface area contributed by atoms with Gasteiger partial charge in [-0.1, -0.05) is 19.1 Å². The normalized spacial score (nSPS) is 8.19. The Balaban J connectivity index is -0.0000000548. The average molecular weight is 444 g/mol. The van der Waals surface area contributed by atoms with Gasteiger partial charge in [0.05, 0.1) is 6.61 Å². The molecular formula is C12H26Cl2O6Pd. The van der Waals surface area contributed by atoms with Gasteiger partial charge in [-0.25, -0.2) is 0 Å². The van der Waals surface area contributed by atoms with E-state index in [4.69, 9.17) is 34.4 Å². The Bertz CT molecular complexity index is 222. The van der Waals surface area contributed by atoms with E-state index in [0.717, 1.165) is 0 Å². The van der Waals surface area contributed by atoms with Gasteiger partial charge in [-0.2, -0.15) is 0 Å². The molecule has 0 saturated carbocycles.